The third kappa shape index (κ3) is 7.78. The van der Waals surface area contributed by atoms with E-state index in [2.05, 4.69) is 15.8 Å². The van der Waals surface area contributed by atoms with Crippen LogP contribution < -0.4 is 24.5 Å². The van der Waals surface area contributed by atoms with Crippen LogP contribution in [-0.2, 0) is 14.8 Å². The first kappa shape index (κ1) is 33.4. The van der Waals surface area contributed by atoms with Crippen LogP contribution in [0.15, 0.2) is 101 Å². The maximum Gasteiger partial charge on any atom is 0.289 e. The fourth-order valence-corrected chi connectivity index (χ4v) is 6.05. The fourth-order valence-electron chi connectivity index (χ4n) is 4.27. The van der Waals surface area contributed by atoms with E-state index in [1.165, 1.54) is 50.6 Å². The van der Waals surface area contributed by atoms with Crippen molar-refractivity contribution in [2.75, 3.05) is 30.4 Å². The standard InChI is InChI=1S/C31H28ClN5O8S/c1-20(21-8-7-11-24(17-21)33-31(39)22-9-6-10-23(32)16-22)34-35-30(38)19-36(26-15-14-25(44-2)18-28(26)45-3)46(42,43)29-13-5-4-12-27(29)37(40)41/h4-18H,19H2,1-3H3,(H,33,39)(H,35,38)/b34-20-. The Morgan fingerprint density at radius 3 is 2.35 bits per heavy atom. The van der Waals surface area contributed by atoms with Gasteiger partial charge in [0.1, 0.15) is 18.0 Å². The zero-order chi connectivity index (χ0) is 33.4. The average Bonchev–Trinajstić information content (AvgIpc) is 3.05. The van der Waals surface area contributed by atoms with Crippen molar-refractivity contribution in [1.82, 2.24) is 5.43 Å². The summed E-state index contributed by atoms with van der Waals surface area (Å²) in [5.41, 5.74) is 3.30. The van der Waals surface area contributed by atoms with Crippen LogP contribution in [0.5, 0.6) is 11.5 Å². The molecule has 4 rings (SSSR count). The number of nitrogens with one attached hydrogen (secondary N) is 2. The summed E-state index contributed by atoms with van der Waals surface area (Å²) in [6.07, 6.45) is 0. The van der Waals surface area contributed by atoms with E-state index < -0.39 is 38.0 Å². The number of hydrogen-bond acceptors (Lipinski definition) is 9. The lowest BCUT2D eigenvalue weighted by molar-refractivity contribution is -0.387. The topological polar surface area (TPSA) is 170 Å². The summed E-state index contributed by atoms with van der Waals surface area (Å²) >= 11 is 5.98. The largest absolute Gasteiger partial charge is 0.497 e. The molecule has 0 bridgehead atoms. The van der Waals surface area contributed by atoms with Crippen molar-refractivity contribution in [1.29, 1.82) is 0 Å². The van der Waals surface area contributed by atoms with Gasteiger partial charge in [-0.15, -0.1) is 0 Å². The number of nitrogens with zero attached hydrogens (tertiary/aromatic N) is 3. The number of carbonyl (C=O) groups excluding carboxylic acids is 2. The first-order chi connectivity index (χ1) is 21.9. The highest BCUT2D eigenvalue weighted by atomic mass is 35.5. The minimum absolute atomic E-state index is 0.0330. The number of hydrogen-bond donors (Lipinski definition) is 2. The molecule has 0 heterocycles. The molecular weight excluding hydrogens is 638 g/mol. The molecule has 15 heteroatoms. The van der Waals surface area contributed by atoms with Gasteiger partial charge in [0.05, 0.1) is 30.5 Å². The Balaban J connectivity index is 1.60. The predicted octanol–water partition coefficient (Wildman–Crippen LogP) is 5.25. The second-order valence-electron chi connectivity index (χ2n) is 9.55. The Bertz CT molecular complexity index is 1930. The van der Waals surface area contributed by atoms with E-state index in [9.17, 15) is 28.1 Å². The molecule has 0 saturated carbocycles. The number of para-hydroxylation sites is 1. The summed E-state index contributed by atoms with van der Waals surface area (Å²) in [5.74, 6) is -0.855. The lowest BCUT2D eigenvalue weighted by Gasteiger charge is -2.25. The monoisotopic (exact) mass is 665 g/mol. The van der Waals surface area contributed by atoms with E-state index in [0.29, 0.717) is 37.6 Å². The van der Waals surface area contributed by atoms with Crippen molar-refractivity contribution in [3.63, 3.8) is 0 Å². The predicted molar refractivity (Wildman–Crippen MR) is 173 cm³/mol. The van der Waals surface area contributed by atoms with Gasteiger partial charge in [-0.1, -0.05) is 41.9 Å². The van der Waals surface area contributed by atoms with E-state index >= 15 is 0 Å². The quantitative estimate of drug-likeness (QED) is 0.117. The summed E-state index contributed by atoms with van der Waals surface area (Å²) in [4.78, 5) is 36.1. The third-order valence-corrected chi connectivity index (χ3v) is 8.59. The average molecular weight is 666 g/mol. The van der Waals surface area contributed by atoms with Gasteiger partial charge in [-0.05, 0) is 61.0 Å². The third-order valence-electron chi connectivity index (χ3n) is 6.55. The normalized spacial score (nSPS) is 11.3. The molecule has 0 spiro atoms. The number of ether oxygens (including phenoxy) is 2. The van der Waals surface area contributed by atoms with Gasteiger partial charge in [-0.3, -0.25) is 24.0 Å². The van der Waals surface area contributed by atoms with E-state index in [0.717, 1.165) is 12.1 Å². The maximum absolute atomic E-state index is 13.9. The van der Waals surface area contributed by atoms with Crippen molar-refractivity contribution < 1.29 is 32.4 Å². The number of hydrazone groups is 1. The molecule has 0 aromatic heterocycles. The van der Waals surface area contributed by atoms with Crippen molar-refractivity contribution in [3.05, 3.63) is 117 Å². The number of benzene rings is 4. The van der Waals surface area contributed by atoms with Crippen LogP contribution in [0.4, 0.5) is 17.1 Å². The summed E-state index contributed by atoms with van der Waals surface area (Å²) < 4.78 is 39.1. The van der Waals surface area contributed by atoms with Crippen molar-refractivity contribution in [2.24, 2.45) is 5.10 Å². The second kappa shape index (κ2) is 14.5. The van der Waals surface area contributed by atoms with Crippen LogP contribution in [0.3, 0.4) is 0 Å². The molecule has 46 heavy (non-hydrogen) atoms. The van der Waals surface area contributed by atoms with E-state index in [1.807, 2.05) is 0 Å². The molecule has 2 N–H and O–H groups in total. The van der Waals surface area contributed by atoms with Crippen LogP contribution in [0, 0.1) is 10.1 Å². The first-order valence-corrected chi connectivity index (χ1v) is 15.2. The number of rotatable bonds is 12. The SMILES string of the molecule is COc1ccc(N(CC(=O)N/N=C(/C)c2cccc(NC(=O)c3cccc(Cl)c3)c2)S(=O)(=O)c2ccccc2[N+](=O)[O-])c(OC)c1. The summed E-state index contributed by atoms with van der Waals surface area (Å²) in [7, 11) is -1.99. The summed E-state index contributed by atoms with van der Waals surface area (Å²) in [6.45, 7) is 0.788. The molecule has 0 aliphatic carbocycles. The van der Waals surface area contributed by atoms with Gasteiger partial charge in [-0.2, -0.15) is 5.10 Å². The van der Waals surface area contributed by atoms with Gasteiger partial charge in [0.25, 0.3) is 27.5 Å². The molecule has 238 valence electrons. The van der Waals surface area contributed by atoms with Crippen molar-refractivity contribution in [2.45, 2.75) is 11.8 Å². The van der Waals surface area contributed by atoms with E-state index in [4.69, 9.17) is 21.1 Å². The Morgan fingerprint density at radius 2 is 1.65 bits per heavy atom. The van der Waals surface area contributed by atoms with E-state index in [1.54, 1.807) is 49.4 Å². The number of nitro groups is 1. The van der Waals surface area contributed by atoms with Crippen LogP contribution >= 0.6 is 11.6 Å². The zero-order valence-corrected chi connectivity index (χ0v) is 26.3. The number of amides is 2. The molecule has 2 amide bonds. The number of sulfonamides is 1. The Kier molecular flexibility index (Phi) is 10.6. The van der Waals surface area contributed by atoms with Crippen LogP contribution in [-0.4, -0.2) is 51.6 Å². The molecule has 0 atom stereocenters. The minimum Gasteiger partial charge on any atom is -0.497 e. The van der Waals surface area contributed by atoms with Gasteiger partial charge in [0, 0.05) is 28.4 Å². The molecule has 0 saturated heterocycles. The van der Waals surface area contributed by atoms with Gasteiger partial charge < -0.3 is 14.8 Å². The number of anilines is 2. The Hall–Kier alpha value is -5.47. The van der Waals surface area contributed by atoms with Gasteiger partial charge >= 0.3 is 0 Å². The molecule has 4 aromatic rings. The molecule has 0 unspecified atom stereocenters. The molecule has 0 radical (unpaired) electrons. The lowest BCUT2D eigenvalue weighted by atomic mass is 10.1. The molecule has 0 aliphatic rings. The zero-order valence-electron chi connectivity index (χ0n) is 24.8. The van der Waals surface area contributed by atoms with E-state index in [-0.39, 0.29) is 17.3 Å². The highest BCUT2D eigenvalue weighted by molar-refractivity contribution is 7.93. The first-order valence-electron chi connectivity index (χ1n) is 13.4. The van der Waals surface area contributed by atoms with Gasteiger partial charge in [-0.25, -0.2) is 13.8 Å². The van der Waals surface area contributed by atoms with Crippen LogP contribution in [0.2, 0.25) is 5.02 Å². The van der Waals surface area contributed by atoms with Crippen molar-refractivity contribution >= 4 is 56.2 Å². The highest BCUT2D eigenvalue weighted by Crippen LogP contribution is 2.37. The molecule has 13 nitrogen and oxygen atoms in total. The second-order valence-corrected chi connectivity index (χ2v) is 11.8. The number of methoxy groups -OCH3 is 2. The van der Waals surface area contributed by atoms with Gasteiger partial charge in [0.2, 0.25) is 0 Å². The summed E-state index contributed by atoms with van der Waals surface area (Å²) in [5, 5.41) is 19.0. The number of carbonyl (C=O) groups is 2. The van der Waals surface area contributed by atoms with Crippen molar-refractivity contribution in [3.8, 4) is 11.5 Å². The minimum atomic E-state index is -4.70. The molecule has 4 aromatic carbocycles. The number of halogens is 1. The molecule has 0 fully saturated rings. The Labute approximate surface area is 269 Å². The molecular formula is C31H28ClN5O8S. The highest BCUT2D eigenvalue weighted by Gasteiger charge is 2.34. The summed E-state index contributed by atoms with van der Waals surface area (Å²) in [6, 6.07) is 22.2. The van der Waals surface area contributed by atoms with Crippen LogP contribution in [0.1, 0.15) is 22.8 Å². The Morgan fingerprint density at radius 1 is 0.935 bits per heavy atom. The van der Waals surface area contributed by atoms with Crippen LogP contribution in [0.25, 0.3) is 0 Å². The smallest absolute Gasteiger partial charge is 0.289 e. The van der Waals surface area contributed by atoms with Gasteiger partial charge in [0.15, 0.2) is 4.90 Å². The molecule has 0 aliphatic heterocycles. The number of nitro benzene ring substituents is 1. The lowest BCUT2D eigenvalue weighted by Crippen LogP contribution is -2.40. The fraction of sp³-hybridized carbons (Fsp3) is 0.129. The maximum atomic E-state index is 13.9.